The van der Waals surface area contributed by atoms with Crippen LogP contribution in [0.5, 0.6) is 0 Å². The van der Waals surface area contributed by atoms with Gasteiger partial charge in [0, 0.05) is 28.9 Å². The highest BCUT2D eigenvalue weighted by Gasteiger charge is 2.22. The van der Waals surface area contributed by atoms with Gasteiger partial charge in [-0.2, -0.15) is 5.10 Å². The highest BCUT2D eigenvalue weighted by molar-refractivity contribution is 6.35. The molecule has 1 atom stereocenters. The van der Waals surface area contributed by atoms with Crippen molar-refractivity contribution in [3.63, 3.8) is 0 Å². The van der Waals surface area contributed by atoms with Gasteiger partial charge in [0.05, 0.1) is 29.9 Å². The van der Waals surface area contributed by atoms with Crippen molar-refractivity contribution in [2.24, 2.45) is 0 Å². The molecule has 0 radical (unpaired) electrons. The molecule has 0 amide bonds. The summed E-state index contributed by atoms with van der Waals surface area (Å²) < 4.78 is 5.44. The Morgan fingerprint density at radius 2 is 2.19 bits per heavy atom. The number of nitrogens with one attached hydrogen (secondary N) is 1. The van der Waals surface area contributed by atoms with Crippen LogP contribution in [0.25, 0.3) is 22.0 Å². The first-order valence-electron chi connectivity index (χ1n) is 6.59. The van der Waals surface area contributed by atoms with Crippen LogP contribution in [0.1, 0.15) is 17.2 Å². The van der Waals surface area contributed by atoms with Crippen LogP contribution in [0.15, 0.2) is 30.7 Å². The van der Waals surface area contributed by atoms with Crippen LogP contribution >= 0.6 is 11.6 Å². The topological polar surface area (TPSA) is 71.0 Å². The zero-order valence-corrected chi connectivity index (χ0v) is 11.8. The van der Waals surface area contributed by atoms with E-state index in [2.05, 4.69) is 15.2 Å². The van der Waals surface area contributed by atoms with Crippen LogP contribution < -0.4 is 0 Å². The number of aromatic amines is 1. The predicted molar refractivity (Wildman–Crippen MR) is 79.0 cm³/mol. The SMILES string of the molecule is OC1COCc2c(-c3cc(Cl)c4cn[nH]c4c3)cncc21. The van der Waals surface area contributed by atoms with Crippen LogP contribution in [-0.2, 0) is 11.3 Å². The van der Waals surface area contributed by atoms with Gasteiger partial charge in [0.2, 0.25) is 0 Å². The Balaban J connectivity index is 1.94. The van der Waals surface area contributed by atoms with Crippen molar-refractivity contribution in [1.29, 1.82) is 0 Å². The number of rotatable bonds is 1. The average Bonchev–Trinajstić information content (AvgIpc) is 2.96. The molecule has 1 unspecified atom stereocenters. The van der Waals surface area contributed by atoms with Crippen molar-refractivity contribution in [2.75, 3.05) is 6.61 Å². The van der Waals surface area contributed by atoms with E-state index >= 15 is 0 Å². The molecular formula is C15H12ClN3O2. The lowest BCUT2D eigenvalue weighted by Crippen LogP contribution is -2.17. The van der Waals surface area contributed by atoms with E-state index in [9.17, 15) is 5.11 Å². The fourth-order valence-corrected chi connectivity index (χ4v) is 2.99. The number of hydrogen-bond donors (Lipinski definition) is 2. The van der Waals surface area contributed by atoms with Gasteiger partial charge in [-0.05, 0) is 23.3 Å². The van der Waals surface area contributed by atoms with Gasteiger partial charge in [0.25, 0.3) is 0 Å². The third-order valence-electron chi connectivity index (χ3n) is 3.79. The Bertz CT molecular complexity index is 831. The van der Waals surface area contributed by atoms with E-state index in [0.717, 1.165) is 33.2 Å². The minimum Gasteiger partial charge on any atom is -0.386 e. The fourth-order valence-electron chi connectivity index (χ4n) is 2.73. The number of benzene rings is 1. The van der Waals surface area contributed by atoms with Crippen LogP contribution in [0.3, 0.4) is 0 Å². The number of halogens is 1. The number of ether oxygens (including phenoxy) is 1. The first kappa shape index (κ1) is 12.8. The van der Waals surface area contributed by atoms with E-state index in [4.69, 9.17) is 16.3 Å². The molecule has 0 saturated carbocycles. The lowest BCUT2D eigenvalue weighted by Gasteiger charge is -2.23. The molecule has 106 valence electrons. The molecule has 3 aromatic rings. The molecule has 2 aromatic heterocycles. The van der Waals surface area contributed by atoms with Crippen LogP contribution in [0, 0.1) is 0 Å². The number of nitrogens with zero attached hydrogens (tertiary/aromatic N) is 2. The van der Waals surface area contributed by atoms with Gasteiger partial charge in [-0.1, -0.05) is 11.6 Å². The highest BCUT2D eigenvalue weighted by atomic mass is 35.5. The molecule has 0 aliphatic carbocycles. The van der Waals surface area contributed by atoms with Gasteiger partial charge < -0.3 is 9.84 Å². The Labute approximate surface area is 125 Å². The van der Waals surface area contributed by atoms with Gasteiger partial charge in [0.15, 0.2) is 0 Å². The van der Waals surface area contributed by atoms with E-state index in [1.165, 1.54) is 0 Å². The van der Waals surface area contributed by atoms with Crippen LogP contribution in [0.4, 0.5) is 0 Å². The lowest BCUT2D eigenvalue weighted by molar-refractivity contribution is 0.00981. The van der Waals surface area contributed by atoms with Gasteiger partial charge in [-0.25, -0.2) is 0 Å². The summed E-state index contributed by atoms with van der Waals surface area (Å²) in [6, 6.07) is 3.87. The molecular weight excluding hydrogens is 290 g/mol. The van der Waals surface area contributed by atoms with Gasteiger partial charge in [-0.3, -0.25) is 10.1 Å². The standard InChI is InChI=1S/C15H12ClN3O2/c16-13-1-8(2-14-11(13)5-18-19-14)9-3-17-4-10-12(9)6-21-7-15(10)20/h1-5,15,20H,6-7H2,(H,18,19). The van der Waals surface area contributed by atoms with Gasteiger partial charge >= 0.3 is 0 Å². The predicted octanol–water partition coefficient (Wildman–Crippen LogP) is 2.84. The van der Waals surface area contributed by atoms with Gasteiger partial charge in [0.1, 0.15) is 6.10 Å². The summed E-state index contributed by atoms with van der Waals surface area (Å²) in [7, 11) is 0. The minimum atomic E-state index is -0.632. The summed E-state index contributed by atoms with van der Waals surface area (Å²) in [5, 5.41) is 18.5. The van der Waals surface area contributed by atoms with Crippen LogP contribution in [0.2, 0.25) is 5.02 Å². The number of fused-ring (bicyclic) bond motifs is 2. The van der Waals surface area contributed by atoms with Crippen molar-refractivity contribution in [2.45, 2.75) is 12.7 Å². The number of aromatic nitrogens is 3. The molecule has 0 spiro atoms. The maximum absolute atomic E-state index is 10.0. The van der Waals surface area contributed by atoms with Crippen molar-refractivity contribution < 1.29 is 9.84 Å². The molecule has 1 aliphatic rings. The largest absolute Gasteiger partial charge is 0.386 e. The van der Waals surface area contributed by atoms with Crippen molar-refractivity contribution in [1.82, 2.24) is 15.2 Å². The third-order valence-corrected chi connectivity index (χ3v) is 4.10. The molecule has 4 rings (SSSR count). The summed E-state index contributed by atoms with van der Waals surface area (Å²) in [4.78, 5) is 4.24. The monoisotopic (exact) mass is 301 g/mol. The third kappa shape index (κ3) is 2.01. The number of aliphatic hydroxyl groups excluding tert-OH is 1. The van der Waals surface area contributed by atoms with E-state index in [1.807, 2.05) is 12.1 Å². The Kier molecular flexibility index (Phi) is 2.92. The zero-order chi connectivity index (χ0) is 14.4. The Hall–Kier alpha value is -1.95. The summed E-state index contributed by atoms with van der Waals surface area (Å²) in [6.07, 6.45) is 4.54. The number of pyridine rings is 1. The first-order valence-corrected chi connectivity index (χ1v) is 6.97. The highest BCUT2D eigenvalue weighted by Crippen LogP contribution is 2.35. The summed E-state index contributed by atoms with van der Waals surface area (Å²) in [5.41, 5.74) is 4.49. The van der Waals surface area contributed by atoms with E-state index in [0.29, 0.717) is 18.2 Å². The molecule has 3 heterocycles. The van der Waals surface area contributed by atoms with Crippen LogP contribution in [-0.4, -0.2) is 26.9 Å². The number of aliphatic hydroxyl groups is 1. The summed E-state index contributed by atoms with van der Waals surface area (Å²) >= 11 is 6.30. The maximum Gasteiger partial charge on any atom is 0.104 e. The average molecular weight is 302 g/mol. The maximum atomic E-state index is 10.0. The molecule has 1 aliphatic heterocycles. The molecule has 0 saturated heterocycles. The molecule has 5 nitrogen and oxygen atoms in total. The summed E-state index contributed by atoms with van der Waals surface area (Å²) in [5.74, 6) is 0. The quantitative estimate of drug-likeness (QED) is 0.725. The summed E-state index contributed by atoms with van der Waals surface area (Å²) in [6.45, 7) is 0.765. The second-order valence-corrected chi connectivity index (χ2v) is 5.48. The van der Waals surface area contributed by atoms with Crippen molar-refractivity contribution >= 4 is 22.5 Å². The van der Waals surface area contributed by atoms with E-state index in [1.54, 1.807) is 18.6 Å². The van der Waals surface area contributed by atoms with E-state index < -0.39 is 6.10 Å². The Morgan fingerprint density at radius 1 is 1.29 bits per heavy atom. The first-order chi connectivity index (χ1) is 10.2. The molecule has 1 aromatic carbocycles. The normalized spacial score (nSPS) is 17.9. The second kappa shape index (κ2) is 4.80. The van der Waals surface area contributed by atoms with Crippen molar-refractivity contribution in [3.05, 3.63) is 46.9 Å². The smallest absolute Gasteiger partial charge is 0.104 e. The molecule has 0 bridgehead atoms. The zero-order valence-electron chi connectivity index (χ0n) is 11.0. The van der Waals surface area contributed by atoms with E-state index in [-0.39, 0.29) is 0 Å². The van der Waals surface area contributed by atoms with Crippen molar-refractivity contribution in [3.8, 4) is 11.1 Å². The molecule has 0 fully saturated rings. The fraction of sp³-hybridized carbons (Fsp3) is 0.200. The van der Waals surface area contributed by atoms with Gasteiger partial charge in [-0.15, -0.1) is 0 Å². The minimum absolute atomic E-state index is 0.304. The molecule has 21 heavy (non-hydrogen) atoms. The lowest BCUT2D eigenvalue weighted by atomic mass is 9.94. The Morgan fingerprint density at radius 3 is 3.10 bits per heavy atom. The number of hydrogen-bond acceptors (Lipinski definition) is 4. The molecule has 6 heteroatoms. The number of H-pyrrole nitrogens is 1. The second-order valence-electron chi connectivity index (χ2n) is 5.08. The molecule has 2 N–H and O–H groups in total.